The van der Waals surface area contributed by atoms with Crippen molar-refractivity contribution in [1.82, 2.24) is 0 Å². The van der Waals surface area contributed by atoms with Crippen molar-refractivity contribution in [2.75, 3.05) is 6.61 Å². The van der Waals surface area contributed by atoms with Crippen molar-refractivity contribution in [1.29, 1.82) is 0 Å². The average molecular weight is 303 g/mol. The van der Waals surface area contributed by atoms with E-state index in [2.05, 4.69) is 13.5 Å². The molecule has 0 bridgehead atoms. The molecule has 0 unspecified atom stereocenters. The minimum atomic E-state index is -0.532. The van der Waals surface area contributed by atoms with Crippen molar-refractivity contribution in [2.24, 2.45) is 5.92 Å². The van der Waals surface area contributed by atoms with Gasteiger partial charge in [0.15, 0.2) is 6.29 Å². The van der Waals surface area contributed by atoms with E-state index in [1.807, 2.05) is 43.3 Å². The van der Waals surface area contributed by atoms with E-state index >= 15 is 0 Å². The highest BCUT2D eigenvalue weighted by atomic mass is 16.9. The molecular weight excluding hydrogens is 278 g/mol. The number of hydrogen-bond acceptors (Lipinski definition) is 3. The van der Waals surface area contributed by atoms with Crippen LogP contribution in [0.1, 0.15) is 44.6 Å². The van der Waals surface area contributed by atoms with Crippen molar-refractivity contribution in [3.8, 4) is 0 Å². The predicted octanol–water partition coefficient (Wildman–Crippen LogP) is 4.02. The number of allylic oxidation sites excluding steroid dienone is 1. The summed E-state index contributed by atoms with van der Waals surface area (Å²) in [5.41, 5.74) is 1.77. The van der Waals surface area contributed by atoms with E-state index in [0.29, 0.717) is 17.2 Å². The van der Waals surface area contributed by atoms with E-state index in [9.17, 15) is 5.21 Å². The molecule has 120 valence electrons. The maximum atomic E-state index is 12.1. The second-order valence-corrected chi connectivity index (χ2v) is 5.67. The molecule has 22 heavy (non-hydrogen) atoms. The number of benzene rings is 1. The summed E-state index contributed by atoms with van der Waals surface area (Å²) in [6.45, 7) is 8.38. The third-order valence-electron chi connectivity index (χ3n) is 4.09. The van der Waals surface area contributed by atoms with Crippen molar-refractivity contribution in [2.45, 2.75) is 45.3 Å². The minimum Gasteiger partial charge on any atom is -0.372 e. The van der Waals surface area contributed by atoms with E-state index < -0.39 is 6.29 Å². The van der Waals surface area contributed by atoms with Crippen LogP contribution in [-0.4, -0.2) is 23.5 Å². The van der Waals surface area contributed by atoms with E-state index in [4.69, 9.17) is 9.57 Å². The quantitative estimate of drug-likeness (QED) is 0.434. The second-order valence-electron chi connectivity index (χ2n) is 5.67. The highest BCUT2D eigenvalue weighted by Crippen LogP contribution is 2.36. The first kappa shape index (κ1) is 16.6. The van der Waals surface area contributed by atoms with Gasteiger partial charge >= 0.3 is 0 Å². The fraction of sp³-hybridized carbons (Fsp3) is 0.500. The molecule has 1 aliphatic heterocycles. The lowest BCUT2D eigenvalue weighted by molar-refractivity contribution is -0.775. The third-order valence-corrected chi connectivity index (χ3v) is 4.09. The lowest BCUT2D eigenvalue weighted by Gasteiger charge is -2.37. The van der Waals surface area contributed by atoms with Crippen LogP contribution in [0.25, 0.3) is 0 Å². The van der Waals surface area contributed by atoms with E-state index in [1.165, 1.54) is 0 Å². The van der Waals surface area contributed by atoms with Gasteiger partial charge in [0, 0.05) is 24.4 Å². The Morgan fingerprint density at radius 3 is 2.73 bits per heavy atom. The number of unbranched alkanes of at least 4 members (excludes halogenated alkanes) is 1. The first-order valence-corrected chi connectivity index (χ1v) is 7.94. The van der Waals surface area contributed by atoms with Crippen LogP contribution in [-0.2, 0) is 9.57 Å². The van der Waals surface area contributed by atoms with Crippen LogP contribution in [0.5, 0.6) is 0 Å². The Hall–Kier alpha value is -1.81. The Bertz CT molecular complexity index is 512. The Kier molecular flexibility index (Phi) is 6.01. The van der Waals surface area contributed by atoms with Gasteiger partial charge in [-0.2, -0.15) is 0 Å². The van der Waals surface area contributed by atoms with Crippen molar-refractivity contribution >= 4 is 5.71 Å². The summed E-state index contributed by atoms with van der Waals surface area (Å²) in [7, 11) is 0. The fourth-order valence-electron chi connectivity index (χ4n) is 2.92. The van der Waals surface area contributed by atoms with E-state index in [0.717, 1.165) is 24.8 Å². The molecule has 1 aromatic carbocycles. The van der Waals surface area contributed by atoms with Gasteiger partial charge in [-0.25, -0.2) is 0 Å². The first-order chi connectivity index (χ1) is 10.7. The van der Waals surface area contributed by atoms with Gasteiger partial charge in [-0.15, -0.1) is 6.58 Å². The highest BCUT2D eigenvalue weighted by Gasteiger charge is 2.40. The number of hydrogen-bond donors (Lipinski definition) is 0. The summed E-state index contributed by atoms with van der Waals surface area (Å²) >= 11 is 0. The predicted molar refractivity (Wildman–Crippen MR) is 87.5 cm³/mol. The molecule has 4 nitrogen and oxygen atoms in total. The number of nitrogens with zero attached hydrogens (tertiary/aromatic N) is 1. The average Bonchev–Trinajstić information content (AvgIpc) is 2.53. The molecule has 3 atom stereocenters. The molecule has 1 aromatic rings. The van der Waals surface area contributed by atoms with Crippen LogP contribution in [0, 0.1) is 11.1 Å². The minimum absolute atomic E-state index is 0.0166. The SMILES string of the molecule is C=CC[C@@H]1[C@@H](OCCCC)O[N+]([O-])=C(C)[C@@H]1c1ccccc1. The summed E-state index contributed by atoms with van der Waals surface area (Å²) in [5.74, 6) is 0.0408. The molecule has 4 heteroatoms. The van der Waals surface area contributed by atoms with Crippen LogP contribution >= 0.6 is 0 Å². The monoisotopic (exact) mass is 303 g/mol. The molecule has 0 aliphatic carbocycles. The van der Waals surface area contributed by atoms with E-state index in [-0.39, 0.29) is 11.8 Å². The lowest BCUT2D eigenvalue weighted by Crippen LogP contribution is -2.43. The van der Waals surface area contributed by atoms with Crippen LogP contribution in [0.2, 0.25) is 0 Å². The molecule has 0 saturated carbocycles. The van der Waals surface area contributed by atoms with Gasteiger partial charge in [0.05, 0.1) is 5.92 Å². The summed E-state index contributed by atoms with van der Waals surface area (Å²) in [5, 5.41) is 12.1. The maximum Gasteiger partial charge on any atom is 0.226 e. The van der Waals surface area contributed by atoms with Crippen LogP contribution in [0.15, 0.2) is 43.0 Å². The lowest BCUT2D eigenvalue weighted by atomic mass is 9.80. The van der Waals surface area contributed by atoms with Gasteiger partial charge < -0.3 is 9.57 Å². The van der Waals surface area contributed by atoms with Gasteiger partial charge in [0.25, 0.3) is 0 Å². The molecule has 0 radical (unpaired) electrons. The summed E-state index contributed by atoms with van der Waals surface area (Å²) < 4.78 is 5.83. The molecule has 0 aromatic heterocycles. The first-order valence-electron chi connectivity index (χ1n) is 7.94. The van der Waals surface area contributed by atoms with Crippen LogP contribution < -0.4 is 0 Å². The Morgan fingerprint density at radius 1 is 1.36 bits per heavy atom. The van der Waals surface area contributed by atoms with Crippen molar-refractivity contribution < 1.29 is 14.5 Å². The normalized spacial score (nSPS) is 24.9. The van der Waals surface area contributed by atoms with Crippen molar-refractivity contribution in [3.05, 3.63) is 53.8 Å². The molecule has 0 fully saturated rings. The number of ether oxygens (including phenoxy) is 1. The van der Waals surface area contributed by atoms with Gasteiger partial charge in [0.2, 0.25) is 5.71 Å². The van der Waals surface area contributed by atoms with Gasteiger partial charge in [0.1, 0.15) is 0 Å². The largest absolute Gasteiger partial charge is 0.372 e. The molecule has 1 heterocycles. The van der Waals surface area contributed by atoms with Gasteiger partial charge in [-0.05, 0) is 18.4 Å². The Morgan fingerprint density at radius 2 is 2.09 bits per heavy atom. The smallest absolute Gasteiger partial charge is 0.226 e. The zero-order valence-corrected chi connectivity index (χ0v) is 13.4. The molecule has 0 spiro atoms. The highest BCUT2D eigenvalue weighted by molar-refractivity contribution is 5.85. The van der Waals surface area contributed by atoms with Crippen LogP contribution in [0.4, 0.5) is 0 Å². The Labute approximate surface area is 132 Å². The standard InChI is InChI=1S/C18H25NO3/c1-4-6-13-21-18-16(10-5-2)17(14(3)19(20)22-18)15-11-8-7-9-12-15/h5,7-9,11-12,16-18H,2,4,6,10,13H2,1,3H3/t16-,17+,18-/m0/s1. The van der Waals surface area contributed by atoms with Crippen molar-refractivity contribution in [3.63, 3.8) is 0 Å². The topological polar surface area (TPSA) is 44.5 Å². The maximum absolute atomic E-state index is 12.1. The fourth-order valence-corrected chi connectivity index (χ4v) is 2.92. The summed E-state index contributed by atoms with van der Waals surface area (Å²) in [6, 6.07) is 10.1. The van der Waals surface area contributed by atoms with Gasteiger partial charge in [-0.1, -0.05) is 49.8 Å². The van der Waals surface area contributed by atoms with Crippen LogP contribution in [0.3, 0.4) is 0 Å². The summed E-state index contributed by atoms with van der Waals surface area (Å²) in [6.07, 6.45) is 4.08. The molecule has 0 saturated heterocycles. The molecular formula is C18H25NO3. The zero-order chi connectivity index (χ0) is 15.9. The number of rotatable bonds is 7. The molecule has 0 amide bonds. The molecule has 1 aliphatic rings. The Balaban J connectivity index is 2.29. The molecule has 2 rings (SSSR count). The zero-order valence-electron chi connectivity index (χ0n) is 13.4. The van der Waals surface area contributed by atoms with Gasteiger partial charge in [-0.3, -0.25) is 5.21 Å². The van der Waals surface area contributed by atoms with E-state index in [1.54, 1.807) is 0 Å². The summed E-state index contributed by atoms with van der Waals surface area (Å²) in [4.78, 5) is 6.05. The molecule has 0 N–H and O–H groups in total. The third kappa shape index (κ3) is 3.69. The second kappa shape index (κ2) is 7.99.